The normalized spacial score (nSPS) is 31.4. The molecule has 1 aromatic rings. The van der Waals surface area contributed by atoms with Crippen molar-refractivity contribution in [2.75, 3.05) is 33.7 Å². The lowest BCUT2D eigenvalue weighted by molar-refractivity contribution is -0.108. The van der Waals surface area contributed by atoms with E-state index in [0.29, 0.717) is 13.1 Å². The van der Waals surface area contributed by atoms with Crippen molar-refractivity contribution in [3.05, 3.63) is 35.9 Å². The molecular formula is C23H33N3O3. The average Bonchev–Trinajstić information content (AvgIpc) is 2.94. The highest BCUT2D eigenvalue weighted by molar-refractivity contribution is 5.80. The molecule has 1 heterocycles. The first-order valence-corrected chi connectivity index (χ1v) is 10.8. The Morgan fingerprint density at radius 3 is 2.24 bits per heavy atom. The Kier molecular flexibility index (Phi) is 5.20. The van der Waals surface area contributed by atoms with Crippen molar-refractivity contribution in [1.82, 2.24) is 14.7 Å². The smallest absolute Gasteiger partial charge is 0.321 e. The predicted molar refractivity (Wildman–Crippen MR) is 112 cm³/mol. The Labute approximate surface area is 173 Å². The minimum atomic E-state index is -0.755. The average molecular weight is 400 g/mol. The van der Waals surface area contributed by atoms with E-state index >= 15 is 0 Å². The molecule has 1 saturated heterocycles. The zero-order chi connectivity index (χ0) is 20.7. The fourth-order valence-corrected chi connectivity index (χ4v) is 5.69. The fourth-order valence-electron chi connectivity index (χ4n) is 5.69. The van der Waals surface area contributed by atoms with Crippen LogP contribution in [0.2, 0.25) is 0 Å². The van der Waals surface area contributed by atoms with Gasteiger partial charge in [-0.1, -0.05) is 30.3 Å². The summed E-state index contributed by atoms with van der Waals surface area (Å²) < 4.78 is 0. The molecular weight excluding hydrogens is 366 g/mol. The molecule has 2 aliphatic carbocycles. The number of carbonyl (C=O) groups excluding carboxylic acids is 2. The number of urea groups is 1. The number of amides is 2. The van der Waals surface area contributed by atoms with Gasteiger partial charge in [-0.25, -0.2) is 4.79 Å². The van der Waals surface area contributed by atoms with Crippen molar-refractivity contribution in [3.63, 3.8) is 0 Å². The molecule has 4 rings (SSSR count). The van der Waals surface area contributed by atoms with Gasteiger partial charge in [0.1, 0.15) is 6.29 Å². The molecule has 0 unspecified atom stereocenters. The van der Waals surface area contributed by atoms with Crippen molar-refractivity contribution >= 4 is 12.3 Å². The number of aldehydes is 1. The summed E-state index contributed by atoms with van der Waals surface area (Å²) in [4.78, 5) is 30.2. The van der Waals surface area contributed by atoms with Crippen LogP contribution in [0.15, 0.2) is 30.3 Å². The summed E-state index contributed by atoms with van der Waals surface area (Å²) in [6, 6.07) is 10.5. The monoisotopic (exact) mass is 399 g/mol. The van der Waals surface area contributed by atoms with Gasteiger partial charge in [-0.05, 0) is 64.6 Å². The summed E-state index contributed by atoms with van der Waals surface area (Å²) in [5.74, 6) is 0. The van der Waals surface area contributed by atoms with Gasteiger partial charge in [-0.15, -0.1) is 0 Å². The summed E-state index contributed by atoms with van der Waals surface area (Å²) in [6.45, 7) is 1.10. The quantitative estimate of drug-likeness (QED) is 0.747. The Morgan fingerprint density at radius 1 is 1.07 bits per heavy atom. The van der Waals surface area contributed by atoms with E-state index < -0.39 is 5.60 Å². The van der Waals surface area contributed by atoms with Crippen molar-refractivity contribution in [2.45, 2.75) is 61.6 Å². The second kappa shape index (κ2) is 7.40. The molecule has 6 nitrogen and oxygen atoms in total. The van der Waals surface area contributed by atoms with Gasteiger partial charge in [-0.3, -0.25) is 4.90 Å². The molecule has 3 fully saturated rings. The van der Waals surface area contributed by atoms with E-state index in [-0.39, 0.29) is 23.7 Å². The maximum atomic E-state index is 13.1. The van der Waals surface area contributed by atoms with Gasteiger partial charge < -0.3 is 19.7 Å². The van der Waals surface area contributed by atoms with E-state index in [1.807, 2.05) is 11.0 Å². The molecule has 158 valence electrons. The zero-order valence-corrected chi connectivity index (χ0v) is 17.6. The minimum absolute atomic E-state index is 0.0489. The van der Waals surface area contributed by atoms with Crippen LogP contribution in [-0.4, -0.2) is 77.0 Å². The summed E-state index contributed by atoms with van der Waals surface area (Å²) in [6.07, 6.45) is 6.97. The first kappa shape index (κ1) is 20.4. The first-order valence-electron chi connectivity index (χ1n) is 10.8. The Bertz CT molecular complexity index is 752. The summed E-state index contributed by atoms with van der Waals surface area (Å²) in [5.41, 5.74) is 0.222. The lowest BCUT2D eigenvalue weighted by Gasteiger charge is -2.52. The number of rotatable bonds is 6. The first-order chi connectivity index (χ1) is 13.8. The van der Waals surface area contributed by atoms with Crippen LogP contribution in [-0.2, 0) is 10.3 Å². The number of hydrogen-bond donors (Lipinski definition) is 1. The number of β-amino-alcohol motifs (C(OH)–C–C–N with tert-alkyl or cyclic N) is 1. The SMILES string of the molecule is CN(C)C1(c2ccccc2)CCC2(CC1)CN(CC=O)C(=O)N2CC1(O)CCC1. The molecule has 3 aliphatic rings. The van der Waals surface area contributed by atoms with Crippen LogP contribution in [0.3, 0.4) is 0 Å². The zero-order valence-electron chi connectivity index (χ0n) is 17.6. The highest BCUT2D eigenvalue weighted by Crippen LogP contribution is 2.49. The van der Waals surface area contributed by atoms with E-state index in [0.717, 1.165) is 51.2 Å². The van der Waals surface area contributed by atoms with Crippen LogP contribution < -0.4 is 0 Å². The van der Waals surface area contributed by atoms with Crippen molar-refractivity contribution in [3.8, 4) is 0 Å². The van der Waals surface area contributed by atoms with Crippen molar-refractivity contribution < 1.29 is 14.7 Å². The van der Waals surface area contributed by atoms with Gasteiger partial charge in [0.2, 0.25) is 0 Å². The van der Waals surface area contributed by atoms with E-state index in [4.69, 9.17) is 0 Å². The highest BCUT2D eigenvalue weighted by atomic mass is 16.3. The van der Waals surface area contributed by atoms with Crippen LogP contribution in [0.25, 0.3) is 0 Å². The Balaban J connectivity index is 1.61. The molecule has 6 heteroatoms. The number of benzene rings is 1. The lowest BCUT2D eigenvalue weighted by Crippen LogP contribution is -2.59. The second-order valence-electron chi connectivity index (χ2n) is 9.51. The third-order valence-corrected chi connectivity index (χ3v) is 7.77. The summed E-state index contributed by atoms with van der Waals surface area (Å²) in [5, 5.41) is 10.8. The van der Waals surface area contributed by atoms with Gasteiger partial charge in [0.05, 0.1) is 24.2 Å². The number of nitrogens with zero attached hydrogens (tertiary/aromatic N) is 3. The lowest BCUT2D eigenvalue weighted by atomic mass is 9.67. The molecule has 29 heavy (non-hydrogen) atoms. The van der Waals surface area contributed by atoms with Crippen molar-refractivity contribution in [2.24, 2.45) is 0 Å². The van der Waals surface area contributed by atoms with Crippen LogP contribution in [0.1, 0.15) is 50.5 Å². The summed E-state index contributed by atoms with van der Waals surface area (Å²) >= 11 is 0. The van der Waals surface area contributed by atoms with Crippen molar-refractivity contribution in [1.29, 1.82) is 0 Å². The molecule has 0 bridgehead atoms. The maximum Gasteiger partial charge on any atom is 0.321 e. The second-order valence-corrected chi connectivity index (χ2v) is 9.51. The van der Waals surface area contributed by atoms with E-state index in [1.54, 1.807) is 4.90 Å². The van der Waals surface area contributed by atoms with Crippen LogP contribution >= 0.6 is 0 Å². The van der Waals surface area contributed by atoms with Gasteiger partial charge in [0.25, 0.3) is 0 Å². The third-order valence-electron chi connectivity index (χ3n) is 7.77. The molecule has 1 N–H and O–H groups in total. The molecule has 1 spiro atoms. The van der Waals surface area contributed by atoms with Gasteiger partial charge >= 0.3 is 6.03 Å². The topological polar surface area (TPSA) is 64.1 Å². The fraction of sp³-hybridized carbons (Fsp3) is 0.652. The van der Waals surface area contributed by atoms with E-state index in [1.165, 1.54) is 5.56 Å². The number of hydrogen-bond acceptors (Lipinski definition) is 4. The Morgan fingerprint density at radius 2 is 1.72 bits per heavy atom. The van der Waals surface area contributed by atoms with E-state index in [2.05, 4.69) is 43.3 Å². The molecule has 0 radical (unpaired) electrons. The third kappa shape index (κ3) is 3.36. The summed E-state index contributed by atoms with van der Waals surface area (Å²) in [7, 11) is 4.27. The van der Waals surface area contributed by atoms with Gasteiger partial charge in [0, 0.05) is 12.1 Å². The van der Waals surface area contributed by atoms with Crippen LogP contribution in [0, 0.1) is 0 Å². The van der Waals surface area contributed by atoms with Gasteiger partial charge in [-0.2, -0.15) is 0 Å². The minimum Gasteiger partial charge on any atom is -0.388 e. The molecule has 2 amide bonds. The highest BCUT2D eigenvalue weighted by Gasteiger charge is 2.56. The predicted octanol–water partition coefficient (Wildman–Crippen LogP) is 2.61. The number of aliphatic hydroxyl groups is 1. The molecule has 1 aromatic carbocycles. The number of carbonyl (C=O) groups is 2. The largest absolute Gasteiger partial charge is 0.388 e. The molecule has 1 aliphatic heterocycles. The standard InChI is InChI=1S/C23H33N3O3/c1-24(2)23(19-7-4-3-5-8-19)13-11-21(12-14-23)17-25(15-16-27)20(28)26(21)18-22(29)9-6-10-22/h3-5,7-8,16,29H,6,9-15,17-18H2,1-2H3. The van der Waals surface area contributed by atoms with E-state index in [9.17, 15) is 14.7 Å². The molecule has 0 aromatic heterocycles. The maximum absolute atomic E-state index is 13.1. The molecule has 0 atom stereocenters. The van der Waals surface area contributed by atoms with Gasteiger partial charge in [0.15, 0.2) is 0 Å². The van der Waals surface area contributed by atoms with Crippen LogP contribution in [0.5, 0.6) is 0 Å². The Hall–Kier alpha value is -1.92. The van der Waals surface area contributed by atoms with Crippen LogP contribution in [0.4, 0.5) is 4.79 Å². The molecule has 2 saturated carbocycles.